The Morgan fingerprint density at radius 2 is 1.93 bits per heavy atom. The summed E-state index contributed by atoms with van der Waals surface area (Å²) in [5.41, 5.74) is 1.60. The Kier molecular flexibility index (Phi) is 4.73. The molecule has 3 aromatic rings. The van der Waals surface area contributed by atoms with Gasteiger partial charge in [0.05, 0.1) is 29.8 Å². The van der Waals surface area contributed by atoms with Gasteiger partial charge in [0.2, 0.25) is 0 Å². The van der Waals surface area contributed by atoms with E-state index < -0.39 is 36.1 Å². The molecule has 2 N–H and O–H groups in total. The topological polar surface area (TPSA) is 85.7 Å². The van der Waals surface area contributed by atoms with Crippen molar-refractivity contribution < 1.29 is 28.1 Å². The Morgan fingerprint density at radius 1 is 1.10 bits per heavy atom. The minimum Gasteiger partial charge on any atom is -0.483 e. The molecular weight excluding hydrogens is 396 g/mol. The van der Waals surface area contributed by atoms with E-state index in [1.54, 1.807) is 13.0 Å². The smallest absolute Gasteiger partial charge is 0.151 e. The number of nitrogens with zero attached hydrogens (tertiary/aromatic N) is 2. The van der Waals surface area contributed by atoms with Crippen molar-refractivity contribution in [3.63, 3.8) is 0 Å². The number of aliphatic hydroxyl groups excluding tert-OH is 1. The van der Waals surface area contributed by atoms with Crippen molar-refractivity contribution in [3.05, 3.63) is 53.9 Å². The molecule has 0 spiro atoms. The van der Waals surface area contributed by atoms with E-state index in [1.165, 1.54) is 30.6 Å². The molecule has 2 saturated heterocycles. The predicted octanol–water partition coefficient (Wildman–Crippen LogP) is 2.87. The maximum Gasteiger partial charge on any atom is 0.151 e. The van der Waals surface area contributed by atoms with Gasteiger partial charge in [-0.1, -0.05) is 0 Å². The average molecular weight is 415 g/mol. The van der Waals surface area contributed by atoms with Gasteiger partial charge in [0.15, 0.2) is 6.10 Å². The first-order chi connectivity index (χ1) is 14.5. The fraction of sp³-hybridized carbons (Fsp3) is 0.333. The molecule has 0 bridgehead atoms. The lowest BCUT2D eigenvalue weighted by molar-refractivity contribution is 0.00871. The number of anilines is 2. The summed E-state index contributed by atoms with van der Waals surface area (Å²) in [6.07, 6.45) is -0.820. The number of benzene rings is 2. The molecule has 4 atom stereocenters. The van der Waals surface area contributed by atoms with Crippen LogP contribution < -0.4 is 10.1 Å². The lowest BCUT2D eigenvalue weighted by Crippen LogP contribution is -2.34. The Labute approximate surface area is 170 Å². The normalized spacial score (nSPS) is 25.5. The van der Waals surface area contributed by atoms with Gasteiger partial charge in [0, 0.05) is 6.07 Å². The monoisotopic (exact) mass is 415 g/mol. The first-order valence-electron chi connectivity index (χ1n) is 9.55. The summed E-state index contributed by atoms with van der Waals surface area (Å²) in [7, 11) is 0. The Balaban J connectivity index is 1.47. The number of ether oxygens (including phenoxy) is 3. The van der Waals surface area contributed by atoms with Crippen LogP contribution >= 0.6 is 0 Å². The van der Waals surface area contributed by atoms with Crippen LogP contribution in [0.2, 0.25) is 0 Å². The molecule has 156 valence electrons. The van der Waals surface area contributed by atoms with Crippen LogP contribution in [0.1, 0.15) is 5.56 Å². The Hall–Kier alpha value is -2.88. The van der Waals surface area contributed by atoms with E-state index in [0.29, 0.717) is 11.2 Å². The van der Waals surface area contributed by atoms with E-state index in [-0.39, 0.29) is 30.2 Å². The van der Waals surface area contributed by atoms with Crippen LogP contribution in [0.25, 0.3) is 10.9 Å². The highest BCUT2D eigenvalue weighted by Gasteiger charge is 2.48. The summed E-state index contributed by atoms with van der Waals surface area (Å²) in [4.78, 5) is 8.29. The Morgan fingerprint density at radius 3 is 2.80 bits per heavy atom. The van der Waals surface area contributed by atoms with Crippen LogP contribution in [0.4, 0.5) is 20.3 Å². The summed E-state index contributed by atoms with van der Waals surface area (Å²) in [5.74, 6) is -0.513. The van der Waals surface area contributed by atoms with Gasteiger partial charge in [-0.25, -0.2) is 18.7 Å². The molecule has 3 unspecified atom stereocenters. The first kappa shape index (κ1) is 19.1. The largest absolute Gasteiger partial charge is 0.483 e. The van der Waals surface area contributed by atoms with Crippen LogP contribution in [-0.2, 0) is 9.47 Å². The zero-order chi connectivity index (χ0) is 20.8. The van der Waals surface area contributed by atoms with Crippen LogP contribution in [0.3, 0.4) is 0 Å². The van der Waals surface area contributed by atoms with Gasteiger partial charge >= 0.3 is 0 Å². The van der Waals surface area contributed by atoms with Crippen LogP contribution in [0, 0.1) is 18.6 Å². The highest BCUT2D eigenvalue weighted by molar-refractivity contribution is 5.92. The SMILES string of the molecule is Cc1cc(F)c2c(Nc3ccc(F)cc3O[C@@H]3COC4C(O)COC43)ncnc2c1. The maximum atomic E-state index is 14.6. The lowest BCUT2D eigenvalue weighted by atomic mass is 10.1. The molecule has 0 saturated carbocycles. The highest BCUT2D eigenvalue weighted by atomic mass is 19.1. The molecule has 2 aromatic carbocycles. The van der Waals surface area contributed by atoms with Crippen molar-refractivity contribution in [1.82, 2.24) is 9.97 Å². The second-order valence-electron chi connectivity index (χ2n) is 7.45. The Bertz CT molecular complexity index is 1110. The molecule has 0 aliphatic carbocycles. The number of nitrogens with one attached hydrogen (secondary N) is 1. The quantitative estimate of drug-likeness (QED) is 0.678. The van der Waals surface area contributed by atoms with E-state index in [0.717, 1.165) is 5.56 Å². The molecular formula is C21H19F2N3O4. The first-order valence-corrected chi connectivity index (χ1v) is 9.55. The summed E-state index contributed by atoms with van der Waals surface area (Å²) < 4.78 is 45.7. The van der Waals surface area contributed by atoms with Crippen molar-refractivity contribution in [2.24, 2.45) is 0 Å². The van der Waals surface area contributed by atoms with Crippen LogP contribution in [0.15, 0.2) is 36.7 Å². The standard InChI is InChI=1S/C21H19F2N3O4/c1-10-4-12(23)18-14(5-10)24-9-25-21(18)26-13-3-2-11(22)6-16(13)30-17-8-29-19-15(27)7-28-20(17)19/h2-6,9,15,17,19-20,27H,7-8H2,1H3,(H,24,25,26)/t15?,17-,19?,20?/m1/s1. The number of halogens is 2. The third kappa shape index (κ3) is 3.34. The predicted molar refractivity (Wildman–Crippen MR) is 104 cm³/mol. The summed E-state index contributed by atoms with van der Waals surface area (Å²) in [5, 5.41) is 13.2. The molecule has 2 fully saturated rings. The second-order valence-corrected chi connectivity index (χ2v) is 7.45. The second kappa shape index (κ2) is 7.42. The van der Waals surface area contributed by atoms with Gasteiger partial charge in [-0.05, 0) is 36.8 Å². The van der Waals surface area contributed by atoms with Crippen LogP contribution in [-0.4, -0.2) is 52.7 Å². The molecule has 0 radical (unpaired) electrons. The minimum absolute atomic E-state index is 0.162. The third-order valence-electron chi connectivity index (χ3n) is 5.29. The molecule has 2 aliphatic heterocycles. The van der Waals surface area contributed by atoms with Crippen molar-refractivity contribution in [2.45, 2.75) is 31.3 Å². The van der Waals surface area contributed by atoms with Gasteiger partial charge in [-0.15, -0.1) is 0 Å². The summed E-state index contributed by atoms with van der Waals surface area (Å²) in [6.45, 7) is 2.14. The minimum atomic E-state index is -0.715. The highest BCUT2D eigenvalue weighted by Crippen LogP contribution is 2.35. The number of hydrogen-bond acceptors (Lipinski definition) is 7. The molecule has 0 amide bonds. The van der Waals surface area contributed by atoms with Gasteiger partial charge in [0.25, 0.3) is 0 Å². The van der Waals surface area contributed by atoms with Crippen molar-refractivity contribution >= 4 is 22.4 Å². The van der Waals surface area contributed by atoms with E-state index in [4.69, 9.17) is 14.2 Å². The van der Waals surface area contributed by atoms with Crippen molar-refractivity contribution in [2.75, 3.05) is 18.5 Å². The molecule has 30 heavy (non-hydrogen) atoms. The van der Waals surface area contributed by atoms with Gasteiger partial charge in [0.1, 0.15) is 47.8 Å². The molecule has 7 nitrogen and oxygen atoms in total. The number of aliphatic hydroxyl groups is 1. The van der Waals surface area contributed by atoms with Gasteiger partial charge < -0.3 is 24.6 Å². The number of hydrogen-bond donors (Lipinski definition) is 2. The molecule has 3 heterocycles. The zero-order valence-corrected chi connectivity index (χ0v) is 16.0. The van der Waals surface area contributed by atoms with E-state index in [1.807, 2.05) is 0 Å². The summed E-state index contributed by atoms with van der Waals surface area (Å²) in [6, 6.07) is 7.14. The molecule has 9 heteroatoms. The van der Waals surface area contributed by atoms with Crippen molar-refractivity contribution in [1.29, 1.82) is 0 Å². The lowest BCUT2D eigenvalue weighted by Gasteiger charge is -2.20. The van der Waals surface area contributed by atoms with E-state index in [2.05, 4.69) is 15.3 Å². The fourth-order valence-electron chi connectivity index (χ4n) is 3.90. The number of aromatic nitrogens is 2. The third-order valence-corrected chi connectivity index (χ3v) is 5.29. The molecule has 2 aliphatic rings. The molecule has 5 rings (SSSR count). The van der Waals surface area contributed by atoms with Gasteiger partial charge in [-0.3, -0.25) is 0 Å². The number of rotatable bonds is 4. The van der Waals surface area contributed by atoms with Crippen molar-refractivity contribution in [3.8, 4) is 5.75 Å². The van der Waals surface area contributed by atoms with Crippen LogP contribution in [0.5, 0.6) is 5.75 Å². The number of fused-ring (bicyclic) bond motifs is 2. The van der Waals surface area contributed by atoms with E-state index in [9.17, 15) is 13.9 Å². The fourth-order valence-corrected chi connectivity index (χ4v) is 3.90. The average Bonchev–Trinajstić information content (AvgIpc) is 3.27. The zero-order valence-electron chi connectivity index (χ0n) is 16.0. The summed E-state index contributed by atoms with van der Waals surface area (Å²) >= 11 is 0. The number of aryl methyl sites for hydroxylation is 1. The maximum absolute atomic E-state index is 14.6. The van der Waals surface area contributed by atoms with E-state index >= 15 is 0 Å². The molecule has 1 aromatic heterocycles. The van der Waals surface area contributed by atoms with Gasteiger partial charge in [-0.2, -0.15) is 0 Å².